The number of likely N-dealkylation sites (N-methyl/N-ethyl adjacent to an activating group) is 1. The normalized spacial score (nSPS) is 27.4. The molecule has 0 amide bonds. The number of carbonyl (C=O) groups excluding carboxylic acids is 1. The first-order valence-corrected chi connectivity index (χ1v) is 12.1. The largest absolute Gasteiger partial charge is 0.462 e. The number of hydrogen-bond donors (Lipinski definition) is 0. The predicted octanol–water partition coefficient (Wildman–Crippen LogP) is 5.45. The smallest absolute Gasteiger partial charge is 0.310 e. The topological polar surface area (TPSA) is 34.5 Å². The van der Waals surface area contributed by atoms with Crippen molar-refractivity contribution in [3.05, 3.63) is 35.5 Å². The van der Waals surface area contributed by atoms with Crippen LogP contribution in [0.2, 0.25) is 0 Å². The molecule has 4 nitrogen and oxygen atoms in total. The number of hydrogen-bond acceptors (Lipinski definition) is 3. The fourth-order valence-electron chi connectivity index (χ4n) is 6.34. The molecule has 5 rings (SSSR count). The van der Waals surface area contributed by atoms with Crippen molar-refractivity contribution in [3.63, 3.8) is 0 Å². The molecule has 0 N–H and O–H groups in total. The molecule has 2 fully saturated rings. The number of aromatic nitrogens is 1. The predicted molar refractivity (Wildman–Crippen MR) is 121 cm³/mol. The summed E-state index contributed by atoms with van der Waals surface area (Å²) in [5.74, 6) is 0.468. The Kier molecular flexibility index (Phi) is 5.38. The van der Waals surface area contributed by atoms with Gasteiger partial charge in [0, 0.05) is 41.6 Å². The average molecular weight is 409 g/mol. The lowest BCUT2D eigenvalue weighted by Gasteiger charge is -2.46. The summed E-state index contributed by atoms with van der Waals surface area (Å²) in [6.07, 6.45) is 10.3. The minimum atomic E-state index is -0.00267. The molecule has 2 aliphatic carbocycles. The summed E-state index contributed by atoms with van der Waals surface area (Å²) >= 11 is 0. The summed E-state index contributed by atoms with van der Waals surface area (Å²) in [5, 5.41) is 1.45. The van der Waals surface area contributed by atoms with Crippen molar-refractivity contribution >= 4 is 16.9 Å². The molecule has 30 heavy (non-hydrogen) atoms. The van der Waals surface area contributed by atoms with E-state index in [0.717, 1.165) is 38.8 Å². The minimum Gasteiger partial charge on any atom is -0.462 e. The molecule has 162 valence electrons. The van der Waals surface area contributed by atoms with Gasteiger partial charge in [0.05, 0.1) is 5.92 Å². The standard InChI is InChI=1S/C26H36N2O2/c1-4-27-15-19(26(29)30-20-9-6-5-7-10-20)13-22-21-11-8-12-23-25(21)18(14-24(22)27)16-28(23)17(2)3/h8,11-12,16-17,19-20,22,24H,4-7,9-10,13-15H2,1-3H3/t19-,22?,24-/m1/s1. The van der Waals surface area contributed by atoms with E-state index >= 15 is 0 Å². The van der Waals surface area contributed by atoms with Crippen LogP contribution in [-0.2, 0) is 16.0 Å². The summed E-state index contributed by atoms with van der Waals surface area (Å²) in [7, 11) is 0. The molecule has 2 aromatic rings. The molecule has 1 aromatic carbocycles. The molecule has 1 saturated carbocycles. The minimum absolute atomic E-state index is 0.00267. The lowest BCUT2D eigenvalue weighted by atomic mass is 9.72. The summed E-state index contributed by atoms with van der Waals surface area (Å²) < 4.78 is 8.44. The van der Waals surface area contributed by atoms with Crippen LogP contribution in [0.1, 0.15) is 82.4 Å². The van der Waals surface area contributed by atoms with Gasteiger partial charge in [0.2, 0.25) is 0 Å². The Bertz CT molecular complexity index is 925. The molecule has 2 heterocycles. The second-order valence-corrected chi connectivity index (χ2v) is 9.99. The van der Waals surface area contributed by atoms with Crippen LogP contribution >= 0.6 is 0 Å². The number of carbonyl (C=O) groups is 1. The first kappa shape index (κ1) is 20.1. The van der Waals surface area contributed by atoms with Crippen LogP contribution in [0.4, 0.5) is 0 Å². The Morgan fingerprint density at radius 2 is 2.00 bits per heavy atom. The van der Waals surface area contributed by atoms with E-state index in [2.05, 4.69) is 54.6 Å². The molecule has 4 heteroatoms. The summed E-state index contributed by atoms with van der Waals surface area (Å²) in [5.41, 5.74) is 4.29. The van der Waals surface area contributed by atoms with Crippen molar-refractivity contribution in [2.24, 2.45) is 5.92 Å². The lowest BCUT2D eigenvalue weighted by molar-refractivity contribution is -0.158. The Hall–Kier alpha value is -1.81. The maximum Gasteiger partial charge on any atom is 0.310 e. The first-order chi connectivity index (χ1) is 14.6. The van der Waals surface area contributed by atoms with Gasteiger partial charge in [-0.1, -0.05) is 25.5 Å². The van der Waals surface area contributed by atoms with Crippen LogP contribution < -0.4 is 0 Å². The number of esters is 1. The lowest BCUT2D eigenvalue weighted by Crippen LogP contribution is -2.51. The maximum absolute atomic E-state index is 13.1. The second-order valence-electron chi connectivity index (χ2n) is 9.99. The molecule has 1 saturated heterocycles. The molecule has 3 atom stereocenters. The molecule has 3 aliphatic rings. The van der Waals surface area contributed by atoms with E-state index in [-0.39, 0.29) is 18.0 Å². The van der Waals surface area contributed by atoms with E-state index in [9.17, 15) is 4.79 Å². The van der Waals surface area contributed by atoms with Gasteiger partial charge in [0.1, 0.15) is 6.10 Å². The van der Waals surface area contributed by atoms with Gasteiger partial charge in [-0.2, -0.15) is 0 Å². The molecule has 0 spiro atoms. The van der Waals surface area contributed by atoms with Crippen molar-refractivity contribution in [2.75, 3.05) is 13.1 Å². The van der Waals surface area contributed by atoms with E-state index in [1.165, 1.54) is 41.3 Å². The Morgan fingerprint density at radius 1 is 1.20 bits per heavy atom. The van der Waals surface area contributed by atoms with Gasteiger partial charge in [-0.05, 0) is 76.1 Å². The molecular weight excluding hydrogens is 372 g/mol. The van der Waals surface area contributed by atoms with Crippen LogP contribution in [0.25, 0.3) is 10.9 Å². The average Bonchev–Trinajstić information content (AvgIpc) is 3.14. The van der Waals surface area contributed by atoms with Crippen LogP contribution in [0, 0.1) is 5.92 Å². The van der Waals surface area contributed by atoms with Gasteiger partial charge in [-0.3, -0.25) is 9.69 Å². The van der Waals surface area contributed by atoms with Crippen LogP contribution in [-0.4, -0.2) is 40.7 Å². The van der Waals surface area contributed by atoms with Crippen molar-refractivity contribution in [1.29, 1.82) is 0 Å². The summed E-state index contributed by atoms with van der Waals surface area (Å²) in [4.78, 5) is 15.7. The van der Waals surface area contributed by atoms with E-state index in [1.54, 1.807) is 0 Å². The highest BCUT2D eigenvalue weighted by molar-refractivity contribution is 5.89. The molecular formula is C26H36N2O2. The number of fused-ring (bicyclic) bond motifs is 2. The van der Waals surface area contributed by atoms with Gasteiger partial charge in [-0.25, -0.2) is 0 Å². The number of benzene rings is 1. The number of nitrogens with zero attached hydrogens (tertiary/aromatic N) is 2. The Balaban J connectivity index is 1.45. The molecule has 0 radical (unpaired) electrons. The van der Waals surface area contributed by atoms with Gasteiger partial charge in [0.15, 0.2) is 0 Å². The van der Waals surface area contributed by atoms with E-state index in [0.29, 0.717) is 18.0 Å². The third kappa shape index (κ3) is 3.37. The monoisotopic (exact) mass is 408 g/mol. The molecule has 0 bridgehead atoms. The Morgan fingerprint density at radius 3 is 2.73 bits per heavy atom. The molecule has 1 unspecified atom stereocenters. The SMILES string of the molecule is CCN1C[C@H](C(=O)OC2CCCCC2)CC2c3cccc4c3c(cn4C(C)C)C[C@H]21. The number of piperidine rings is 1. The van der Waals surface area contributed by atoms with E-state index < -0.39 is 0 Å². The van der Waals surface area contributed by atoms with Gasteiger partial charge < -0.3 is 9.30 Å². The van der Waals surface area contributed by atoms with Crippen LogP contribution in [0.5, 0.6) is 0 Å². The van der Waals surface area contributed by atoms with Gasteiger partial charge in [-0.15, -0.1) is 0 Å². The highest BCUT2D eigenvalue weighted by Crippen LogP contribution is 2.46. The van der Waals surface area contributed by atoms with Crippen LogP contribution in [0.15, 0.2) is 24.4 Å². The van der Waals surface area contributed by atoms with Crippen LogP contribution in [0.3, 0.4) is 0 Å². The first-order valence-electron chi connectivity index (χ1n) is 12.1. The van der Waals surface area contributed by atoms with Crippen molar-refractivity contribution < 1.29 is 9.53 Å². The van der Waals surface area contributed by atoms with E-state index in [4.69, 9.17) is 4.74 Å². The number of likely N-dealkylation sites (tertiary alicyclic amines) is 1. The fourth-order valence-corrected chi connectivity index (χ4v) is 6.34. The van der Waals surface area contributed by atoms with E-state index in [1.807, 2.05) is 0 Å². The van der Waals surface area contributed by atoms with Gasteiger partial charge in [0.25, 0.3) is 0 Å². The maximum atomic E-state index is 13.1. The summed E-state index contributed by atoms with van der Waals surface area (Å²) in [6, 6.07) is 7.74. The quantitative estimate of drug-likeness (QED) is 0.631. The third-order valence-electron chi connectivity index (χ3n) is 7.86. The fraction of sp³-hybridized carbons (Fsp3) is 0.654. The zero-order valence-corrected chi connectivity index (χ0v) is 18.8. The summed E-state index contributed by atoms with van der Waals surface area (Å²) in [6.45, 7) is 8.60. The van der Waals surface area contributed by atoms with Crippen molar-refractivity contribution in [1.82, 2.24) is 9.47 Å². The highest BCUT2D eigenvalue weighted by Gasteiger charge is 2.43. The number of rotatable bonds is 4. The number of ether oxygens (including phenoxy) is 1. The van der Waals surface area contributed by atoms with Crippen molar-refractivity contribution in [3.8, 4) is 0 Å². The zero-order chi connectivity index (χ0) is 20.8. The second kappa shape index (κ2) is 8.03. The highest BCUT2D eigenvalue weighted by atomic mass is 16.5. The molecule has 1 aromatic heterocycles. The molecule has 1 aliphatic heterocycles. The van der Waals surface area contributed by atoms with Crippen molar-refractivity contribution in [2.45, 2.75) is 89.8 Å². The van der Waals surface area contributed by atoms with Gasteiger partial charge >= 0.3 is 5.97 Å². The Labute approximate surface area is 180 Å². The zero-order valence-electron chi connectivity index (χ0n) is 18.8. The third-order valence-corrected chi connectivity index (χ3v) is 7.86.